The molecule has 1 aromatic carbocycles. The summed E-state index contributed by atoms with van der Waals surface area (Å²) in [5.41, 5.74) is 1.04. The molecule has 1 unspecified atom stereocenters. The summed E-state index contributed by atoms with van der Waals surface area (Å²) in [6.45, 7) is 4.37. The summed E-state index contributed by atoms with van der Waals surface area (Å²) in [5.74, 6) is -0.102. The third-order valence-electron chi connectivity index (χ3n) is 4.00. The second-order valence-electron chi connectivity index (χ2n) is 5.57. The van der Waals surface area contributed by atoms with Gasteiger partial charge in [-0.3, -0.25) is 9.69 Å². The summed E-state index contributed by atoms with van der Waals surface area (Å²) in [5, 5.41) is 0. The van der Waals surface area contributed by atoms with Crippen molar-refractivity contribution in [2.45, 2.75) is 51.7 Å². The lowest BCUT2D eigenvalue weighted by Gasteiger charge is -2.29. The van der Waals surface area contributed by atoms with Gasteiger partial charge in [-0.05, 0) is 38.4 Å². The molecule has 110 valence electrons. The topological polar surface area (TPSA) is 29.5 Å². The summed E-state index contributed by atoms with van der Waals surface area (Å²) < 4.78 is 5.43. The quantitative estimate of drug-likeness (QED) is 0.789. The smallest absolute Gasteiger partial charge is 0.323 e. The van der Waals surface area contributed by atoms with Gasteiger partial charge in [0.15, 0.2) is 0 Å². The van der Waals surface area contributed by atoms with E-state index in [1.807, 2.05) is 37.3 Å². The Hall–Kier alpha value is -1.35. The normalized spacial score (nSPS) is 18.9. The van der Waals surface area contributed by atoms with Crippen molar-refractivity contribution in [1.82, 2.24) is 4.90 Å². The highest BCUT2D eigenvalue weighted by Crippen LogP contribution is 2.14. The number of carbonyl (C=O) groups excluding carboxylic acids is 1. The fraction of sp³-hybridized carbons (Fsp3) is 0.588. The Balaban J connectivity index is 1.81. The number of benzene rings is 1. The molecule has 0 aromatic heterocycles. The predicted octanol–water partition coefficient (Wildman–Crippen LogP) is 3.38. The van der Waals surface area contributed by atoms with Gasteiger partial charge in [0.25, 0.3) is 0 Å². The molecule has 1 heterocycles. The molecular weight excluding hydrogens is 250 g/mol. The third kappa shape index (κ3) is 4.64. The van der Waals surface area contributed by atoms with Crippen molar-refractivity contribution < 1.29 is 9.53 Å². The van der Waals surface area contributed by atoms with Crippen LogP contribution < -0.4 is 0 Å². The first kappa shape index (κ1) is 15.0. The van der Waals surface area contributed by atoms with Gasteiger partial charge in [0.2, 0.25) is 0 Å². The van der Waals surface area contributed by atoms with E-state index in [1.165, 1.54) is 32.1 Å². The van der Waals surface area contributed by atoms with E-state index in [1.54, 1.807) is 0 Å². The lowest BCUT2D eigenvalue weighted by atomic mass is 10.1. The van der Waals surface area contributed by atoms with E-state index in [0.717, 1.165) is 18.7 Å². The molecule has 0 amide bonds. The number of carbonyl (C=O) groups is 1. The van der Waals surface area contributed by atoms with Crippen molar-refractivity contribution in [3.63, 3.8) is 0 Å². The van der Waals surface area contributed by atoms with E-state index in [-0.39, 0.29) is 12.0 Å². The number of hydrogen-bond acceptors (Lipinski definition) is 3. The number of rotatable bonds is 4. The van der Waals surface area contributed by atoms with E-state index in [2.05, 4.69) is 4.90 Å². The zero-order chi connectivity index (χ0) is 14.2. The molecule has 0 aliphatic carbocycles. The zero-order valence-electron chi connectivity index (χ0n) is 12.4. The van der Waals surface area contributed by atoms with Crippen LogP contribution in [0.4, 0.5) is 0 Å². The molecule has 2 rings (SSSR count). The first-order chi connectivity index (χ1) is 9.77. The highest BCUT2D eigenvalue weighted by Gasteiger charge is 2.22. The van der Waals surface area contributed by atoms with Gasteiger partial charge in [-0.15, -0.1) is 0 Å². The molecule has 0 N–H and O–H groups in total. The highest BCUT2D eigenvalue weighted by molar-refractivity contribution is 5.75. The minimum absolute atomic E-state index is 0.102. The molecule has 20 heavy (non-hydrogen) atoms. The van der Waals surface area contributed by atoms with Crippen LogP contribution in [0.2, 0.25) is 0 Å². The molecule has 0 saturated carbocycles. The zero-order valence-corrected chi connectivity index (χ0v) is 12.4. The van der Waals surface area contributed by atoms with E-state index in [9.17, 15) is 4.79 Å². The summed E-state index contributed by atoms with van der Waals surface area (Å²) >= 11 is 0. The highest BCUT2D eigenvalue weighted by atomic mass is 16.5. The molecule has 3 heteroatoms. The molecule has 0 bridgehead atoms. The van der Waals surface area contributed by atoms with Crippen LogP contribution in [0.15, 0.2) is 30.3 Å². The summed E-state index contributed by atoms with van der Waals surface area (Å²) in [7, 11) is 0. The van der Waals surface area contributed by atoms with E-state index >= 15 is 0 Å². The first-order valence-electron chi connectivity index (χ1n) is 7.72. The van der Waals surface area contributed by atoms with Gasteiger partial charge in [0, 0.05) is 0 Å². The Morgan fingerprint density at radius 1 is 1.10 bits per heavy atom. The van der Waals surface area contributed by atoms with Gasteiger partial charge in [-0.1, -0.05) is 49.6 Å². The molecule has 1 aliphatic heterocycles. The van der Waals surface area contributed by atoms with Gasteiger partial charge in [0.05, 0.1) is 0 Å². The number of likely N-dealkylation sites (tertiary alicyclic amines) is 1. The molecule has 1 atom stereocenters. The maximum atomic E-state index is 12.1. The Bertz CT molecular complexity index is 397. The third-order valence-corrected chi connectivity index (χ3v) is 4.00. The lowest BCUT2D eigenvalue weighted by Crippen LogP contribution is -2.41. The molecular formula is C17H25NO2. The van der Waals surface area contributed by atoms with Gasteiger partial charge in [-0.2, -0.15) is 0 Å². The minimum Gasteiger partial charge on any atom is -0.460 e. The standard InChI is InChI=1S/C17H25NO2/c1-15(18-12-8-3-2-4-9-13-18)17(19)20-14-16-10-6-5-7-11-16/h5-7,10-11,15H,2-4,8-9,12-14H2,1H3. The average Bonchev–Trinajstić information content (AvgIpc) is 2.45. The Labute approximate surface area is 121 Å². The van der Waals surface area contributed by atoms with Crippen LogP contribution >= 0.6 is 0 Å². The van der Waals surface area contributed by atoms with E-state index in [0.29, 0.717) is 6.61 Å². The Morgan fingerprint density at radius 2 is 1.70 bits per heavy atom. The largest absolute Gasteiger partial charge is 0.460 e. The van der Waals surface area contributed by atoms with Crippen LogP contribution in [-0.2, 0) is 16.1 Å². The number of esters is 1. The van der Waals surface area contributed by atoms with Crippen LogP contribution in [0.1, 0.15) is 44.6 Å². The lowest BCUT2D eigenvalue weighted by molar-refractivity contribution is -0.150. The van der Waals surface area contributed by atoms with Gasteiger partial charge < -0.3 is 4.74 Å². The van der Waals surface area contributed by atoms with Crippen LogP contribution in [0.5, 0.6) is 0 Å². The van der Waals surface area contributed by atoms with Crippen molar-refractivity contribution in [3.8, 4) is 0 Å². The van der Waals surface area contributed by atoms with Crippen LogP contribution in [-0.4, -0.2) is 30.0 Å². The Morgan fingerprint density at radius 3 is 2.35 bits per heavy atom. The van der Waals surface area contributed by atoms with Crippen molar-refractivity contribution in [1.29, 1.82) is 0 Å². The fourth-order valence-electron chi connectivity index (χ4n) is 2.66. The minimum atomic E-state index is -0.128. The molecule has 0 radical (unpaired) electrons. The predicted molar refractivity (Wildman–Crippen MR) is 80.4 cm³/mol. The fourth-order valence-corrected chi connectivity index (χ4v) is 2.66. The monoisotopic (exact) mass is 275 g/mol. The van der Waals surface area contributed by atoms with Crippen molar-refractivity contribution in [2.24, 2.45) is 0 Å². The first-order valence-corrected chi connectivity index (χ1v) is 7.72. The molecule has 1 fully saturated rings. The summed E-state index contributed by atoms with van der Waals surface area (Å²) in [6, 6.07) is 9.73. The molecule has 0 spiro atoms. The number of nitrogens with zero attached hydrogens (tertiary/aromatic N) is 1. The van der Waals surface area contributed by atoms with Gasteiger partial charge in [0.1, 0.15) is 12.6 Å². The maximum Gasteiger partial charge on any atom is 0.323 e. The molecule has 3 nitrogen and oxygen atoms in total. The van der Waals surface area contributed by atoms with Crippen LogP contribution in [0.3, 0.4) is 0 Å². The van der Waals surface area contributed by atoms with Crippen molar-refractivity contribution >= 4 is 5.97 Å². The van der Waals surface area contributed by atoms with E-state index < -0.39 is 0 Å². The van der Waals surface area contributed by atoms with Crippen molar-refractivity contribution in [2.75, 3.05) is 13.1 Å². The molecule has 1 aliphatic rings. The summed E-state index contributed by atoms with van der Waals surface area (Å²) in [6.07, 6.45) is 6.28. The number of ether oxygens (including phenoxy) is 1. The SMILES string of the molecule is CC(C(=O)OCc1ccccc1)N1CCCCCCC1. The van der Waals surface area contributed by atoms with Gasteiger partial charge >= 0.3 is 5.97 Å². The number of hydrogen-bond donors (Lipinski definition) is 0. The van der Waals surface area contributed by atoms with Crippen LogP contribution in [0.25, 0.3) is 0 Å². The maximum absolute atomic E-state index is 12.1. The second kappa shape index (κ2) is 8.05. The molecule has 1 saturated heterocycles. The summed E-state index contributed by atoms with van der Waals surface area (Å²) in [4.78, 5) is 14.4. The van der Waals surface area contributed by atoms with Crippen molar-refractivity contribution in [3.05, 3.63) is 35.9 Å². The average molecular weight is 275 g/mol. The van der Waals surface area contributed by atoms with Gasteiger partial charge in [-0.25, -0.2) is 0 Å². The molecule has 1 aromatic rings. The second-order valence-corrected chi connectivity index (χ2v) is 5.57. The van der Waals surface area contributed by atoms with E-state index in [4.69, 9.17) is 4.74 Å². The van der Waals surface area contributed by atoms with Crippen LogP contribution in [0, 0.1) is 0 Å². The Kier molecular flexibility index (Phi) is 6.06.